The summed E-state index contributed by atoms with van der Waals surface area (Å²) in [4.78, 5) is 43.4. The first-order valence-electron chi connectivity index (χ1n) is 12.2. The van der Waals surface area contributed by atoms with Crippen LogP contribution < -0.4 is 11.2 Å². The molecule has 188 valence electrons. The molecule has 4 rings (SSSR count). The van der Waals surface area contributed by atoms with Crippen molar-refractivity contribution in [1.82, 2.24) is 18.7 Å². The molecule has 0 N–H and O–H groups in total. The van der Waals surface area contributed by atoms with Crippen LogP contribution >= 0.6 is 0 Å². The lowest BCUT2D eigenvalue weighted by molar-refractivity contribution is 0.0600. The second-order valence-electron chi connectivity index (χ2n) is 9.74. The number of imidazole rings is 1. The van der Waals surface area contributed by atoms with Crippen LogP contribution in [-0.4, -0.2) is 31.8 Å². The monoisotopic (exact) mass is 488 g/mol. The van der Waals surface area contributed by atoms with Gasteiger partial charge in [-0.15, -0.1) is 0 Å². The lowest BCUT2D eigenvalue weighted by Gasteiger charge is -2.14. The van der Waals surface area contributed by atoms with E-state index >= 15 is 0 Å². The van der Waals surface area contributed by atoms with Crippen molar-refractivity contribution in [3.8, 4) is 5.69 Å². The van der Waals surface area contributed by atoms with Gasteiger partial charge in [0.15, 0.2) is 11.2 Å². The summed E-state index contributed by atoms with van der Waals surface area (Å²) >= 11 is 0. The molecule has 0 saturated carbocycles. The predicted molar refractivity (Wildman–Crippen MR) is 140 cm³/mol. The van der Waals surface area contributed by atoms with Gasteiger partial charge in [-0.3, -0.25) is 9.36 Å². The highest BCUT2D eigenvalue weighted by molar-refractivity contribution is 5.89. The quantitative estimate of drug-likeness (QED) is 0.344. The maximum absolute atomic E-state index is 13.6. The van der Waals surface area contributed by atoms with Crippen LogP contribution in [0.15, 0.2) is 64.4 Å². The second kappa shape index (κ2) is 10.4. The third kappa shape index (κ3) is 4.89. The number of hydrogen-bond donors (Lipinski definition) is 0. The lowest BCUT2D eigenvalue weighted by Crippen LogP contribution is -2.40. The molecule has 0 amide bonds. The van der Waals surface area contributed by atoms with Gasteiger partial charge in [0.2, 0.25) is 0 Å². The molecule has 4 aromatic rings. The van der Waals surface area contributed by atoms with Gasteiger partial charge in [0, 0.05) is 13.1 Å². The van der Waals surface area contributed by atoms with Gasteiger partial charge >= 0.3 is 11.7 Å². The number of carbonyl (C=O) groups is 1. The molecule has 2 aromatic carbocycles. The summed E-state index contributed by atoms with van der Waals surface area (Å²) in [6.45, 7) is 9.05. The van der Waals surface area contributed by atoms with Crippen LogP contribution in [0.2, 0.25) is 0 Å². The minimum absolute atomic E-state index is 0.328. The van der Waals surface area contributed by atoms with Crippen molar-refractivity contribution in [3.63, 3.8) is 0 Å². The third-order valence-electron chi connectivity index (χ3n) is 6.38. The Morgan fingerprint density at radius 1 is 0.972 bits per heavy atom. The predicted octanol–water partition coefficient (Wildman–Crippen LogP) is 4.35. The number of carbonyl (C=O) groups excluding carboxylic acids is 1. The van der Waals surface area contributed by atoms with E-state index in [-0.39, 0.29) is 5.56 Å². The number of benzene rings is 2. The molecule has 0 aliphatic carbocycles. The Balaban J connectivity index is 1.86. The molecule has 0 fully saturated rings. The fraction of sp³-hybridized carbons (Fsp3) is 0.357. The Hall–Kier alpha value is -3.94. The molecule has 0 unspecified atom stereocenters. The first kappa shape index (κ1) is 25.2. The Bertz CT molecular complexity index is 1490. The Morgan fingerprint density at radius 3 is 2.22 bits per heavy atom. The summed E-state index contributed by atoms with van der Waals surface area (Å²) in [5, 5.41) is 0. The Morgan fingerprint density at radius 2 is 1.64 bits per heavy atom. The average molecular weight is 489 g/mol. The van der Waals surface area contributed by atoms with Crippen molar-refractivity contribution in [2.45, 2.75) is 53.1 Å². The average Bonchev–Trinajstić information content (AvgIpc) is 3.27. The molecule has 0 radical (unpaired) electrons. The smallest absolute Gasteiger partial charge is 0.337 e. The van der Waals surface area contributed by atoms with Gasteiger partial charge in [0.25, 0.3) is 5.56 Å². The highest BCUT2D eigenvalue weighted by Crippen LogP contribution is 2.19. The summed E-state index contributed by atoms with van der Waals surface area (Å²) in [6, 6.07) is 14.8. The first-order chi connectivity index (χ1) is 17.2. The van der Waals surface area contributed by atoms with Gasteiger partial charge in [-0.2, -0.15) is 0 Å². The van der Waals surface area contributed by atoms with E-state index in [1.807, 2.05) is 36.4 Å². The number of fused-ring (bicyclic) bond motifs is 1. The Kier molecular flexibility index (Phi) is 7.24. The number of hydrogen-bond acceptors (Lipinski definition) is 5. The van der Waals surface area contributed by atoms with E-state index in [0.29, 0.717) is 53.8 Å². The lowest BCUT2D eigenvalue weighted by atomic mass is 10.0. The van der Waals surface area contributed by atoms with Crippen molar-refractivity contribution in [2.24, 2.45) is 5.92 Å². The maximum Gasteiger partial charge on any atom is 0.337 e. The summed E-state index contributed by atoms with van der Waals surface area (Å²) in [5.74, 6) is 0.291. The summed E-state index contributed by atoms with van der Waals surface area (Å²) in [7, 11) is 1.34. The van der Waals surface area contributed by atoms with Crippen molar-refractivity contribution in [1.29, 1.82) is 0 Å². The van der Waals surface area contributed by atoms with Gasteiger partial charge in [-0.1, -0.05) is 52.0 Å². The number of ether oxygens (including phenoxy) is 1. The summed E-state index contributed by atoms with van der Waals surface area (Å²) in [6.07, 6.45) is 2.29. The van der Waals surface area contributed by atoms with E-state index in [0.717, 1.165) is 11.1 Å². The largest absolute Gasteiger partial charge is 0.465 e. The molecule has 36 heavy (non-hydrogen) atoms. The topological polar surface area (TPSA) is 88.1 Å². The molecule has 0 bridgehead atoms. The maximum atomic E-state index is 13.6. The van der Waals surface area contributed by atoms with Crippen molar-refractivity contribution in [2.75, 3.05) is 7.11 Å². The number of methoxy groups -OCH3 is 1. The molecule has 8 heteroatoms. The van der Waals surface area contributed by atoms with Gasteiger partial charge in [-0.05, 0) is 53.6 Å². The third-order valence-corrected chi connectivity index (χ3v) is 6.38. The van der Waals surface area contributed by atoms with E-state index < -0.39 is 11.7 Å². The molecule has 0 spiro atoms. The van der Waals surface area contributed by atoms with Crippen LogP contribution in [0, 0.1) is 5.92 Å². The summed E-state index contributed by atoms with van der Waals surface area (Å²) < 4.78 is 9.37. The molecular weight excluding hydrogens is 456 g/mol. The van der Waals surface area contributed by atoms with Crippen molar-refractivity contribution in [3.05, 3.63) is 92.4 Å². The minimum Gasteiger partial charge on any atom is -0.465 e. The van der Waals surface area contributed by atoms with Crippen LogP contribution in [0.25, 0.3) is 16.9 Å². The number of nitrogens with zero attached hydrogens (tertiary/aromatic N) is 4. The standard InChI is InChI=1S/C28H32N4O4/c1-18(2)14-15-31-26(33)24-25(32(28(31)35)23-12-10-21(11-13-23)19(3)4)29-17-30(24)16-20-6-8-22(9-7-20)27(34)36-5/h6-13,17-19H,14-16H2,1-5H3. The Labute approximate surface area is 209 Å². The highest BCUT2D eigenvalue weighted by Gasteiger charge is 2.20. The van der Waals surface area contributed by atoms with Gasteiger partial charge in [0.05, 0.1) is 24.7 Å². The number of esters is 1. The van der Waals surface area contributed by atoms with E-state index in [1.54, 1.807) is 23.0 Å². The molecule has 2 heterocycles. The number of aromatic nitrogens is 4. The van der Waals surface area contributed by atoms with Crippen LogP contribution in [0.5, 0.6) is 0 Å². The van der Waals surface area contributed by atoms with Gasteiger partial charge in [0.1, 0.15) is 0 Å². The zero-order valence-electron chi connectivity index (χ0n) is 21.4. The molecule has 0 saturated heterocycles. The molecule has 0 aliphatic rings. The van der Waals surface area contributed by atoms with E-state index in [2.05, 4.69) is 32.7 Å². The molecule has 8 nitrogen and oxygen atoms in total. The van der Waals surface area contributed by atoms with Crippen LogP contribution in [-0.2, 0) is 17.8 Å². The molecule has 2 aromatic heterocycles. The van der Waals surface area contributed by atoms with Crippen LogP contribution in [0.1, 0.15) is 61.5 Å². The first-order valence-corrected chi connectivity index (χ1v) is 12.2. The highest BCUT2D eigenvalue weighted by atomic mass is 16.5. The summed E-state index contributed by atoms with van der Waals surface area (Å²) in [5.41, 5.74) is 3.11. The molecular formula is C28H32N4O4. The molecule has 0 aliphatic heterocycles. The van der Waals surface area contributed by atoms with Crippen LogP contribution in [0.4, 0.5) is 0 Å². The fourth-order valence-corrected chi connectivity index (χ4v) is 4.19. The normalized spacial score (nSPS) is 11.5. The van der Waals surface area contributed by atoms with Crippen molar-refractivity contribution >= 4 is 17.1 Å². The fourth-order valence-electron chi connectivity index (χ4n) is 4.19. The zero-order valence-corrected chi connectivity index (χ0v) is 21.4. The van der Waals surface area contributed by atoms with Crippen LogP contribution in [0.3, 0.4) is 0 Å². The van der Waals surface area contributed by atoms with E-state index in [4.69, 9.17) is 4.74 Å². The minimum atomic E-state index is -0.407. The number of rotatable bonds is 8. The SMILES string of the molecule is COC(=O)c1ccc(Cn2cnc3c2c(=O)n(CCC(C)C)c(=O)n3-c2ccc(C(C)C)cc2)cc1. The van der Waals surface area contributed by atoms with Gasteiger partial charge < -0.3 is 9.30 Å². The zero-order chi connectivity index (χ0) is 26.0. The van der Waals surface area contributed by atoms with E-state index in [9.17, 15) is 14.4 Å². The van der Waals surface area contributed by atoms with Gasteiger partial charge in [-0.25, -0.2) is 19.1 Å². The second-order valence-corrected chi connectivity index (χ2v) is 9.74. The van der Waals surface area contributed by atoms with Crippen molar-refractivity contribution < 1.29 is 9.53 Å². The molecule has 0 atom stereocenters. The van der Waals surface area contributed by atoms with E-state index in [1.165, 1.54) is 16.2 Å².